The van der Waals surface area contributed by atoms with Gasteiger partial charge in [0.2, 0.25) is 0 Å². The van der Waals surface area contributed by atoms with Gasteiger partial charge in [0.25, 0.3) is 0 Å². The summed E-state index contributed by atoms with van der Waals surface area (Å²) in [5.74, 6) is 1.77. The highest BCUT2D eigenvalue weighted by Gasteiger charge is 2.15. The average Bonchev–Trinajstić information content (AvgIpc) is 2.76. The Morgan fingerprint density at radius 1 is 1.24 bits per heavy atom. The number of nitrogens with zero attached hydrogens (tertiary/aromatic N) is 1. The van der Waals surface area contributed by atoms with Crippen LogP contribution >= 0.6 is 0 Å². The summed E-state index contributed by atoms with van der Waals surface area (Å²) < 4.78 is 6.10. The van der Waals surface area contributed by atoms with Gasteiger partial charge in [0.05, 0.1) is 6.54 Å². The summed E-state index contributed by atoms with van der Waals surface area (Å²) in [6.45, 7) is 10.6. The van der Waals surface area contributed by atoms with Crippen LogP contribution in [0.25, 0.3) is 11.0 Å². The molecule has 1 aromatic carbocycles. The summed E-state index contributed by atoms with van der Waals surface area (Å²) in [6, 6.07) is 8.35. The van der Waals surface area contributed by atoms with E-state index in [0.717, 1.165) is 43.9 Å². The van der Waals surface area contributed by atoms with Crippen LogP contribution in [0.3, 0.4) is 0 Å². The predicted octanol–water partition coefficient (Wildman–Crippen LogP) is 4.02. The van der Waals surface area contributed by atoms with E-state index in [1.165, 1.54) is 10.9 Å². The molecule has 0 aliphatic heterocycles. The minimum absolute atomic E-state index is 0.668. The summed E-state index contributed by atoms with van der Waals surface area (Å²) in [7, 11) is 2.16. The molecule has 0 unspecified atom stereocenters. The van der Waals surface area contributed by atoms with Crippen molar-refractivity contribution >= 4 is 11.0 Å². The second kappa shape index (κ2) is 7.62. The summed E-state index contributed by atoms with van der Waals surface area (Å²) in [6.07, 6.45) is 1.15. The van der Waals surface area contributed by atoms with Crippen molar-refractivity contribution in [3.63, 3.8) is 0 Å². The van der Waals surface area contributed by atoms with Gasteiger partial charge in [-0.25, -0.2) is 0 Å². The minimum Gasteiger partial charge on any atom is -0.459 e. The van der Waals surface area contributed by atoms with Crippen LogP contribution in [0.1, 0.15) is 38.5 Å². The van der Waals surface area contributed by atoms with Gasteiger partial charge in [0.1, 0.15) is 11.3 Å². The largest absolute Gasteiger partial charge is 0.459 e. The zero-order valence-electron chi connectivity index (χ0n) is 13.8. The molecule has 0 saturated carbocycles. The van der Waals surface area contributed by atoms with Gasteiger partial charge in [0, 0.05) is 24.0 Å². The number of furan rings is 1. The fraction of sp³-hybridized carbons (Fsp3) is 0.556. The summed E-state index contributed by atoms with van der Waals surface area (Å²) in [5.41, 5.74) is 2.31. The van der Waals surface area contributed by atoms with Crippen LogP contribution in [0.15, 0.2) is 28.7 Å². The van der Waals surface area contributed by atoms with Crippen LogP contribution in [0.5, 0.6) is 0 Å². The fourth-order valence-electron chi connectivity index (χ4n) is 2.79. The van der Waals surface area contributed by atoms with Gasteiger partial charge >= 0.3 is 0 Å². The summed E-state index contributed by atoms with van der Waals surface area (Å²) in [4.78, 5) is 2.34. The molecule has 0 amide bonds. The lowest BCUT2D eigenvalue weighted by Gasteiger charge is -2.18. The zero-order chi connectivity index (χ0) is 15.2. The lowest BCUT2D eigenvalue weighted by molar-refractivity contribution is 0.266. The lowest BCUT2D eigenvalue weighted by atomic mass is 10.1. The van der Waals surface area contributed by atoms with Crippen LogP contribution < -0.4 is 5.32 Å². The lowest BCUT2D eigenvalue weighted by Crippen LogP contribution is -2.23. The number of nitrogens with one attached hydrogen (secondary N) is 1. The van der Waals surface area contributed by atoms with Gasteiger partial charge in [-0.05, 0) is 32.0 Å². The second-order valence-corrected chi connectivity index (χ2v) is 6.27. The molecule has 0 bridgehead atoms. The zero-order valence-corrected chi connectivity index (χ0v) is 13.8. The Morgan fingerprint density at radius 2 is 2.00 bits per heavy atom. The Bertz CT molecular complexity index is 559. The van der Waals surface area contributed by atoms with E-state index in [9.17, 15) is 0 Å². The van der Waals surface area contributed by atoms with E-state index >= 15 is 0 Å². The number of fused-ring (bicyclic) bond motifs is 1. The number of hydrogen-bond donors (Lipinski definition) is 1. The number of hydrogen-bond acceptors (Lipinski definition) is 3. The second-order valence-electron chi connectivity index (χ2n) is 6.27. The van der Waals surface area contributed by atoms with E-state index in [1.807, 2.05) is 6.07 Å². The first-order valence-electron chi connectivity index (χ1n) is 8.00. The molecule has 0 atom stereocenters. The molecule has 3 heteroatoms. The number of benzene rings is 1. The minimum atomic E-state index is 0.668. The molecule has 2 aromatic rings. The van der Waals surface area contributed by atoms with Crippen molar-refractivity contribution in [2.24, 2.45) is 5.92 Å². The third-order valence-electron chi connectivity index (χ3n) is 3.60. The molecule has 3 nitrogen and oxygen atoms in total. The molecule has 0 fully saturated rings. The molecule has 21 heavy (non-hydrogen) atoms. The fourth-order valence-corrected chi connectivity index (χ4v) is 2.79. The van der Waals surface area contributed by atoms with Gasteiger partial charge in [-0.1, -0.05) is 39.0 Å². The van der Waals surface area contributed by atoms with Crippen molar-refractivity contribution in [2.75, 3.05) is 20.1 Å². The molecule has 116 valence electrons. The Morgan fingerprint density at radius 3 is 2.71 bits per heavy atom. The highest BCUT2D eigenvalue weighted by atomic mass is 16.3. The highest BCUT2D eigenvalue weighted by Crippen LogP contribution is 2.26. The Labute approximate surface area is 128 Å². The molecule has 0 radical (unpaired) electrons. The Hall–Kier alpha value is -1.32. The molecule has 0 aliphatic rings. The molecule has 2 rings (SSSR count). The van der Waals surface area contributed by atoms with E-state index in [2.05, 4.69) is 56.2 Å². The van der Waals surface area contributed by atoms with E-state index in [4.69, 9.17) is 4.42 Å². The maximum Gasteiger partial charge on any atom is 0.134 e. The first-order chi connectivity index (χ1) is 10.1. The Kier molecular flexibility index (Phi) is 5.83. The average molecular weight is 288 g/mol. The molecule has 1 N–H and O–H groups in total. The smallest absolute Gasteiger partial charge is 0.134 e. The molecule has 1 heterocycles. The SMILES string of the molecule is CCCNCc1c(CN(C)CC(C)C)oc2ccccc12. The predicted molar refractivity (Wildman–Crippen MR) is 89.4 cm³/mol. The van der Waals surface area contributed by atoms with E-state index in [1.54, 1.807) is 0 Å². The van der Waals surface area contributed by atoms with Crippen LogP contribution in [0, 0.1) is 5.92 Å². The third kappa shape index (κ3) is 4.32. The Balaban J connectivity index is 2.21. The van der Waals surface area contributed by atoms with Crippen molar-refractivity contribution in [2.45, 2.75) is 40.3 Å². The van der Waals surface area contributed by atoms with Gasteiger partial charge in [-0.15, -0.1) is 0 Å². The van der Waals surface area contributed by atoms with E-state index in [0.29, 0.717) is 5.92 Å². The maximum atomic E-state index is 6.10. The van der Waals surface area contributed by atoms with Crippen molar-refractivity contribution in [1.29, 1.82) is 0 Å². The van der Waals surface area contributed by atoms with Crippen molar-refractivity contribution in [3.8, 4) is 0 Å². The van der Waals surface area contributed by atoms with Gasteiger partial charge in [0.15, 0.2) is 0 Å². The van der Waals surface area contributed by atoms with E-state index < -0.39 is 0 Å². The molecule has 1 aromatic heterocycles. The first kappa shape index (κ1) is 16.1. The third-order valence-corrected chi connectivity index (χ3v) is 3.60. The molecular formula is C18H28N2O. The number of rotatable bonds is 8. The monoisotopic (exact) mass is 288 g/mol. The van der Waals surface area contributed by atoms with E-state index in [-0.39, 0.29) is 0 Å². The standard InChI is InChI=1S/C18H28N2O/c1-5-10-19-11-16-15-8-6-7-9-17(15)21-18(16)13-20(4)12-14(2)3/h6-9,14,19H,5,10-13H2,1-4H3. The van der Waals surface area contributed by atoms with Gasteiger partial charge in [-0.3, -0.25) is 4.90 Å². The summed E-state index contributed by atoms with van der Waals surface area (Å²) in [5, 5.41) is 4.75. The van der Waals surface area contributed by atoms with Crippen LogP contribution in [0.2, 0.25) is 0 Å². The van der Waals surface area contributed by atoms with Gasteiger partial charge < -0.3 is 9.73 Å². The van der Waals surface area contributed by atoms with Crippen molar-refractivity contribution in [1.82, 2.24) is 10.2 Å². The van der Waals surface area contributed by atoms with Crippen LogP contribution in [0.4, 0.5) is 0 Å². The van der Waals surface area contributed by atoms with Gasteiger partial charge in [-0.2, -0.15) is 0 Å². The molecule has 0 saturated heterocycles. The highest BCUT2D eigenvalue weighted by molar-refractivity contribution is 5.82. The van der Waals surface area contributed by atoms with Crippen molar-refractivity contribution < 1.29 is 4.42 Å². The van der Waals surface area contributed by atoms with Crippen LogP contribution in [-0.2, 0) is 13.1 Å². The van der Waals surface area contributed by atoms with Crippen LogP contribution in [-0.4, -0.2) is 25.0 Å². The quantitative estimate of drug-likeness (QED) is 0.744. The molecule has 0 aliphatic carbocycles. The molecule has 0 spiro atoms. The number of para-hydroxylation sites is 1. The molecular weight excluding hydrogens is 260 g/mol. The first-order valence-corrected chi connectivity index (χ1v) is 8.00. The normalized spacial score (nSPS) is 11.9. The summed E-state index contributed by atoms with van der Waals surface area (Å²) >= 11 is 0. The maximum absolute atomic E-state index is 6.10. The topological polar surface area (TPSA) is 28.4 Å². The van der Waals surface area contributed by atoms with Crippen molar-refractivity contribution in [3.05, 3.63) is 35.6 Å².